The molecule has 1 aromatic heterocycles. The first-order valence-corrected chi connectivity index (χ1v) is 9.77. The number of nitrogens with one attached hydrogen (secondary N) is 2. The van der Waals surface area contributed by atoms with Gasteiger partial charge in [-0.25, -0.2) is 4.98 Å². The van der Waals surface area contributed by atoms with Gasteiger partial charge in [-0.2, -0.15) is 0 Å². The summed E-state index contributed by atoms with van der Waals surface area (Å²) in [6.45, 7) is 10.8. The maximum atomic E-state index is 5.46. The smallest absolute Gasteiger partial charge is 0.191 e. The Morgan fingerprint density at radius 3 is 2.78 bits per heavy atom. The topological polar surface area (TPSA) is 66.7 Å². The van der Waals surface area contributed by atoms with E-state index in [0.29, 0.717) is 0 Å². The van der Waals surface area contributed by atoms with Gasteiger partial charge < -0.3 is 19.9 Å². The van der Waals surface area contributed by atoms with Crippen molar-refractivity contribution < 1.29 is 4.74 Å². The fourth-order valence-corrected chi connectivity index (χ4v) is 3.45. The Kier molecular flexibility index (Phi) is 6.68. The van der Waals surface area contributed by atoms with Gasteiger partial charge in [0, 0.05) is 45.3 Å². The molecule has 3 rings (SSSR count). The molecule has 148 valence electrons. The number of ether oxygens (including phenoxy) is 1. The van der Waals surface area contributed by atoms with Gasteiger partial charge in [0.05, 0.1) is 30.6 Å². The first-order chi connectivity index (χ1) is 13.1. The molecule has 2 N–H and O–H groups in total. The van der Waals surface area contributed by atoms with E-state index in [0.717, 1.165) is 63.8 Å². The van der Waals surface area contributed by atoms with Crippen LogP contribution in [0.3, 0.4) is 0 Å². The number of rotatable bonds is 7. The molecule has 7 heteroatoms. The molecule has 0 saturated carbocycles. The number of morpholine rings is 1. The molecular formula is C20H32N6O. The Bertz CT molecular complexity index is 748. The maximum absolute atomic E-state index is 5.46. The number of guanidine groups is 1. The number of aromatic nitrogens is 2. The Balaban J connectivity index is 1.41. The molecule has 1 fully saturated rings. The van der Waals surface area contributed by atoms with Crippen molar-refractivity contribution in [3.8, 4) is 0 Å². The third kappa shape index (κ3) is 5.20. The minimum atomic E-state index is 0.0666. The van der Waals surface area contributed by atoms with Crippen LogP contribution in [0.5, 0.6) is 0 Å². The van der Waals surface area contributed by atoms with E-state index in [-0.39, 0.29) is 5.54 Å². The first-order valence-electron chi connectivity index (χ1n) is 9.77. The number of aryl methyl sites for hydroxylation is 1. The van der Waals surface area contributed by atoms with E-state index in [1.165, 1.54) is 5.52 Å². The summed E-state index contributed by atoms with van der Waals surface area (Å²) < 4.78 is 7.66. The van der Waals surface area contributed by atoms with Gasteiger partial charge >= 0.3 is 0 Å². The molecule has 0 radical (unpaired) electrons. The van der Waals surface area contributed by atoms with Crippen LogP contribution in [0.25, 0.3) is 11.0 Å². The van der Waals surface area contributed by atoms with Crippen molar-refractivity contribution in [1.82, 2.24) is 25.1 Å². The van der Waals surface area contributed by atoms with Crippen LogP contribution in [0.1, 0.15) is 20.3 Å². The summed E-state index contributed by atoms with van der Waals surface area (Å²) in [7, 11) is 1.82. The number of benzene rings is 1. The van der Waals surface area contributed by atoms with Crippen molar-refractivity contribution in [3.63, 3.8) is 0 Å². The van der Waals surface area contributed by atoms with Crippen LogP contribution in [-0.4, -0.2) is 72.4 Å². The zero-order valence-electron chi connectivity index (χ0n) is 16.7. The summed E-state index contributed by atoms with van der Waals surface area (Å²) in [4.78, 5) is 11.3. The van der Waals surface area contributed by atoms with Crippen molar-refractivity contribution in [2.24, 2.45) is 4.99 Å². The number of nitrogens with zero attached hydrogens (tertiary/aromatic N) is 4. The average molecular weight is 373 g/mol. The normalized spacial score (nSPS) is 16.6. The molecule has 0 spiro atoms. The summed E-state index contributed by atoms with van der Waals surface area (Å²) in [6, 6.07) is 8.24. The fourth-order valence-electron chi connectivity index (χ4n) is 3.45. The summed E-state index contributed by atoms with van der Waals surface area (Å²) in [5.74, 6) is 0.854. The van der Waals surface area contributed by atoms with E-state index in [2.05, 4.69) is 56.1 Å². The SMILES string of the molecule is CN=C(NCCCn1cnc2ccccc21)NCC(C)(C)N1CCOCC1. The molecule has 1 saturated heterocycles. The molecule has 7 nitrogen and oxygen atoms in total. The number of hydrogen-bond acceptors (Lipinski definition) is 4. The first kappa shape index (κ1) is 19.6. The minimum Gasteiger partial charge on any atom is -0.379 e. The van der Waals surface area contributed by atoms with E-state index in [1.807, 2.05) is 25.5 Å². The maximum Gasteiger partial charge on any atom is 0.191 e. The number of aliphatic imine (C=N–C) groups is 1. The average Bonchev–Trinajstić information content (AvgIpc) is 3.11. The third-order valence-electron chi connectivity index (χ3n) is 5.17. The molecule has 0 amide bonds. The summed E-state index contributed by atoms with van der Waals surface area (Å²) in [5, 5.41) is 6.88. The summed E-state index contributed by atoms with van der Waals surface area (Å²) in [6.07, 6.45) is 2.93. The van der Waals surface area contributed by atoms with Gasteiger partial charge in [-0.1, -0.05) is 12.1 Å². The van der Waals surface area contributed by atoms with Crippen molar-refractivity contribution >= 4 is 17.0 Å². The van der Waals surface area contributed by atoms with Crippen LogP contribution in [0.2, 0.25) is 0 Å². The molecule has 2 heterocycles. The van der Waals surface area contributed by atoms with Crippen LogP contribution in [0.4, 0.5) is 0 Å². The van der Waals surface area contributed by atoms with Gasteiger partial charge in [0.1, 0.15) is 0 Å². The van der Waals surface area contributed by atoms with Crippen LogP contribution in [0, 0.1) is 0 Å². The molecular weight excluding hydrogens is 340 g/mol. The quantitative estimate of drug-likeness (QED) is 0.440. The third-order valence-corrected chi connectivity index (χ3v) is 5.17. The summed E-state index contributed by atoms with van der Waals surface area (Å²) in [5.41, 5.74) is 2.30. The zero-order chi connectivity index (χ0) is 19.1. The molecule has 0 bridgehead atoms. The second-order valence-corrected chi connectivity index (χ2v) is 7.54. The van der Waals surface area contributed by atoms with Crippen molar-refractivity contribution in [2.75, 3.05) is 46.4 Å². The number of imidazole rings is 1. The van der Waals surface area contributed by atoms with Gasteiger partial charge in [0.2, 0.25) is 0 Å². The van der Waals surface area contributed by atoms with E-state index in [1.54, 1.807) is 0 Å². The van der Waals surface area contributed by atoms with E-state index >= 15 is 0 Å². The van der Waals surface area contributed by atoms with E-state index in [4.69, 9.17) is 4.74 Å². The number of hydrogen-bond donors (Lipinski definition) is 2. The Hall–Kier alpha value is -2.12. The van der Waals surface area contributed by atoms with Crippen LogP contribution < -0.4 is 10.6 Å². The number of para-hydroxylation sites is 2. The highest BCUT2D eigenvalue weighted by Crippen LogP contribution is 2.15. The van der Waals surface area contributed by atoms with E-state index < -0.39 is 0 Å². The standard InChI is InChI=1S/C20H32N6O/c1-20(2,26-11-13-27-14-12-26)15-23-19(21-3)22-9-6-10-25-16-24-17-7-4-5-8-18(17)25/h4-5,7-8,16H,6,9-15H2,1-3H3,(H2,21,22,23). The largest absolute Gasteiger partial charge is 0.379 e. The van der Waals surface area contributed by atoms with Crippen LogP contribution >= 0.6 is 0 Å². The van der Waals surface area contributed by atoms with Crippen molar-refractivity contribution in [2.45, 2.75) is 32.4 Å². The molecule has 0 unspecified atom stereocenters. The predicted octanol–water partition coefficient (Wildman–Crippen LogP) is 1.70. The van der Waals surface area contributed by atoms with Crippen LogP contribution in [-0.2, 0) is 11.3 Å². The second-order valence-electron chi connectivity index (χ2n) is 7.54. The predicted molar refractivity (Wildman–Crippen MR) is 110 cm³/mol. The fraction of sp³-hybridized carbons (Fsp3) is 0.600. The molecule has 0 atom stereocenters. The minimum absolute atomic E-state index is 0.0666. The lowest BCUT2D eigenvalue weighted by molar-refractivity contribution is -0.00833. The van der Waals surface area contributed by atoms with Crippen molar-refractivity contribution in [3.05, 3.63) is 30.6 Å². The van der Waals surface area contributed by atoms with Gasteiger partial charge in [0.15, 0.2) is 5.96 Å². The van der Waals surface area contributed by atoms with Crippen LogP contribution in [0.15, 0.2) is 35.6 Å². The lowest BCUT2D eigenvalue weighted by Crippen LogP contribution is -2.56. The molecule has 1 aliphatic rings. The highest BCUT2D eigenvalue weighted by molar-refractivity contribution is 5.79. The Morgan fingerprint density at radius 1 is 1.22 bits per heavy atom. The molecule has 0 aliphatic carbocycles. The van der Waals surface area contributed by atoms with Crippen molar-refractivity contribution in [1.29, 1.82) is 0 Å². The molecule has 1 aliphatic heterocycles. The van der Waals surface area contributed by atoms with Gasteiger partial charge in [-0.15, -0.1) is 0 Å². The summed E-state index contributed by atoms with van der Waals surface area (Å²) >= 11 is 0. The lowest BCUT2D eigenvalue weighted by atomic mass is 10.0. The Morgan fingerprint density at radius 2 is 2.00 bits per heavy atom. The highest BCUT2D eigenvalue weighted by Gasteiger charge is 2.28. The second kappa shape index (κ2) is 9.19. The van der Waals surface area contributed by atoms with Gasteiger partial charge in [-0.05, 0) is 32.4 Å². The molecule has 2 aromatic rings. The zero-order valence-corrected chi connectivity index (χ0v) is 16.7. The van der Waals surface area contributed by atoms with Gasteiger partial charge in [-0.3, -0.25) is 9.89 Å². The lowest BCUT2D eigenvalue weighted by Gasteiger charge is -2.41. The van der Waals surface area contributed by atoms with Gasteiger partial charge in [0.25, 0.3) is 0 Å². The molecule has 27 heavy (non-hydrogen) atoms. The van der Waals surface area contributed by atoms with E-state index in [9.17, 15) is 0 Å². The molecule has 1 aromatic carbocycles. The Labute approximate surface area is 161 Å². The number of fused-ring (bicyclic) bond motifs is 1. The monoisotopic (exact) mass is 372 g/mol. The highest BCUT2D eigenvalue weighted by atomic mass is 16.5.